The van der Waals surface area contributed by atoms with Gasteiger partial charge in [-0.05, 0) is 36.1 Å². The van der Waals surface area contributed by atoms with E-state index < -0.39 is 0 Å². The van der Waals surface area contributed by atoms with Crippen LogP contribution in [0.1, 0.15) is 32.3 Å². The van der Waals surface area contributed by atoms with E-state index >= 15 is 0 Å². The second-order valence-corrected chi connectivity index (χ2v) is 7.74. The van der Waals surface area contributed by atoms with Gasteiger partial charge >= 0.3 is 0 Å². The van der Waals surface area contributed by atoms with Crippen LogP contribution in [0.2, 0.25) is 10.0 Å². The molecule has 1 fully saturated rings. The first kappa shape index (κ1) is 14.4. The first-order valence-corrected chi connectivity index (χ1v) is 7.56. The van der Waals surface area contributed by atoms with Crippen molar-refractivity contribution >= 4 is 44.9 Å². The van der Waals surface area contributed by atoms with E-state index in [9.17, 15) is 4.79 Å². The number of ketones is 1. The molecule has 98 valence electrons. The van der Waals surface area contributed by atoms with Gasteiger partial charge in [-0.25, -0.2) is 0 Å². The third-order valence-electron chi connectivity index (χ3n) is 3.77. The molecule has 1 nitrogen and oxygen atoms in total. The lowest BCUT2D eigenvalue weighted by Crippen LogP contribution is -2.15. The number of rotatable bonds is 3. The fourth-order valence-corrected chi connectivity index (χ4v) is 3.62. The molecule has 1 aliphatic rings. The van der Waals surface area contributed by atoms with E-state index in [0.29, 0.717) is 10.0 Å². The summed E-state index contributed by atoms with van der Waals surface area (Å²) in [5.41, 5.74) is 1.04. The topological polar surface area (TPSA) is 17.1 Å². The Kier molecular flexibility index (Phi) is 3.84. The minimum absolute atomic E-state index is 0.0207. The lowest BCUT2D eigenvalue weighted by Gasteiger charge is -2.04. The maximum Gasteiger partial charge on any atom is 0.150 e. The van der Waals surface area contributed by atoms with E-state index in [1.807, 2.05) is 19.1 Å². The van der Waals surface area contributed by atoms with Gasteiger partial charge in [0.2, 0.25) is 0 Å². The molecule has 0 N–H and O–H groups in total. The van der Waals surface area contributed by atoms with Crippen LogP contribution in [0, 0.1) is 11.3 Å². The van der Waals surface area contributed by atoms with Crippen molar-refractivity contribution in [2.75, 3.05) is 0 Å². The molecule has 1 aliphatic carbocycles. The van der Waals surface area contributed by atoms with Gasteiger partial charge in [-0.1, -0.05) is 53.0 Å². The molecule has 1 saturated carbocycles. The van der Waals surface area contributed by atoms with Crippen molar-refractivity contribution in [2.24, 2.45) is 11.3 Å². The number of Topliss-reactive ketones (excluding diaryl/α,β-unsaturated/α-hetero) is 1. The highest BCUT2D eigenvalue weighted by molar-refractivity contribution is 9.10. The maximum atomic E-state index is 12.2. The van der Waals surface area contributed by atoms with Crippen LogP contribution in [0.25, 0.3) is 0 Å². The molecule has 0 aromatic heterocycles. The van der Waals surface area contributed by atoms with Gasteiger partial charge in [0.25, 0.3) is 0 Å². The summed E-state index contributed by atoms with van der Waals surface area (Å²) in [4.78, 5) is 12.1. The molecular weight excluding hydrogens is 335 g/mol. The molecule has 0 aliphatic heterocycles. The predicted octanol–water partition coefficient (Wildman–Crippen LogP) is 5.09. The van der Waals surface area contributed by atoms with Crippen LogP contribution in [-0.2, 0) is 4.79 Å². The van der Waals surface area contributed by atoms with Crippen LogP contribution in [0.5, 0.6) is 0 Å². The highest BCUT2D eigenvalue weighted by Crippen LogP contribution is 2.65. The Labute approximate surface area is 126 Å². The molecule has 0 heterocycles. The van der Waals surface area contributed by atoms with Crippen molar-refractivity contribution in [3.63, 3.8) is 0 Å². The highest BCUT2D eigenvalue weighted by atomic mass is 79.9. The molecule has 0 saturated heterocycles. The second kappa shape index (κ2) is 4.81. The Morgan fingerprint density at radius 1 is 1.28 bits per heavy atom. The highest BCUT2D eigenvalue weighted by Gasteiger charge is 2.62. The van der Waals surface area contributed by atoms with Crippen LogP contribution in [0.15, 0.2) is 18.2 Å². The van der Waals surface area contributed by atoms with E-state index in [1.54, 1.807) is 6.07 Å². The fourth-order valence-electron chi connectivity index (χ4n) is 2.79. The average Bonchev–Trinajstić information content (AvgIpc) is 2.78. The normalized spacial score (nSPS) is 26.8. The number of hydrogen-bond acceptors (Lipinski definition) is 1. The van der Waals surface area contributed by atoms with Gasteiger partial charge in [-0.15, -0.1) is 0 Å². The van der Waals surface area contributed by atoms with Crippen LogP contribution < -0.4 is 0 Å². The molecule has 3 unspecified atom stereocenters. The number of hydrogen-bond donors (Lipinski definition) is 0. The van der Waals surface area contributed by atoms with Gasteiger partial charge in [0.1, 0.15) is 5.78 Å². The minimum Gasteiger partial charge on any atom is -0.298 e. The number of halogens is 3. The largest absolute Gasteiger partial charge is 0.298 e. The zero-order valence-electron chi connectivity index (χ0n) is 10.5. The van der Waals surface area contributed by atoms with E-state index in [-0.39, 0.29) is 27.9 Å². The van der Waals surface area contributed by atoms with Crippen molar-refractivity contribution in [1.29, 1.82) is 0 Å². The quantitative estimate of drug-likeness (QED) is 0.695. The van der Waals surface area contributed by atoms with Gasteiger partial charge in [0.15, 0.2) is 0 Å². The third-order valence-corrected chi connectivity index (χ3v) is 4.66. The van der Waals surface area contributed by atoms with Crippen molar-refractivity contribution in [1.82, 2.24) is 0 Å². The second-order valence-electron chi connectivity index (χ2n) is 5.50. The monoisotopic (exact) mass is 348 g/mol. The maximum absolute atomic E-state index is 12.2. The Morgan fingerprint density at radius 2 is 1.78 bits per heavy atom. The van der Waals surface area contributed by atoms with Gasteiger partial charge in [0.05, 0.1) is 4.83 Å². The molecule has 0 radical (unpaired) electrons. The van der Waals surface area contributed by atoms with Crippen LogP contribution in [0.4, 0.5) is 0 Å². The summed E-state index contributed by atoms with van der Waals surface area (Å²) >= 11 is 15.4. The molecule has 18 heavy (non-hydrogen) atoms. The van der Waals surface area contributed by atoms with E-state index in [4.69, 9.17) is 23.2 Å². The Morgan fingerprint density at radius 3 is 2.22 bits per heavy atom. The number of carbonyl (C=O) groups excluding carboxylic acids is 1. The van der Waals surface area contributed by atoms with Crippen molar-refractivity contribution in [3.05, 3.63) is 33.8 Å². The zero-order valence-corrected chi connectivity index (χ0v) is 13.6. The first-order valence-electron chi connectivity index (χ1n) is 5.89. The summed E-state index contributed by atoms with van der Waals surface area (Å²) in [6.07, 6.45) is 0. The average molecular weight is 350 g/mol. The SMILES string of the molecule is CC(Br)C(=O)C1C(c2cc(Cl)cc(Cl)c2)C1(C)C. The molecule has 0 bridgehead atoms. The smallest absolute Gasteiger partial charge is 0.150 e. The minimum atomic E-state index is -0.110. The summed E-state index contributed by atoms with van der Waals surface area (Å²) in [7, 11) is 0. The molecule has 1 aromatic carbocycles. The predicted molar refractivity (Wildman–Crippen MR) is 79.9 cm³/mol. The van der Waals surface area contributed by atoms with Gasteiger partial charge < -0.3 is 0 Å². The standard InChI is InChI=1S/C14H15BrCl2O/c1-7(15)13(18)12-11(14(12,2)3)8-4-9(16)6-10(17)5-8/h4-7,11-12H,1-3H3. The van der Waals surface area contributed by atoms with Crippen LogP contribution >= 0.6 is 39.1 Å². The molecule has 4 heteroatoms. The van der Waals surface area contributed by atoms with Crippen molar-refractivity contribution < 1.29 is 4.79 Å². The van der Waals surface area contributed by atoms with Gasteiger partial charge in [-0.2, -0.15) is 0 Å². The fraction of sp³-hybridized carbons (Fsp3) is 0.500. The summed E-state index contributed by atoms with van der Waals surface area (Å²) in [6.45, 7) is 6.10. The summed E-state index contributed by atoms with van der Waals surface area (Å²) < 4.78 is 0. The van der Waals surface area contributed by atoms with E-state index in [2.05, 4.69) is 29.8 Å². The summed E-state index contributed by atoms with van der Waals surface area (Å²) in [5, 5.41) is 1.25. The van der Waals surface area contributed by atoms with Crippen molar-refractivity contribution in [2.45, 2.75) is 31.5 Å². The van der Waals surface area contributed by atoms with Gasteiger partial charge in [-0.3, -0.25) is 4.79 Å². The Hall–Kier alpha value is -0.0500. The van der Waals surface area contributed by atoms with Gasteiger partial charge in [0, 0.05) is 21.9 Å². The number of alkyl halides is 1. The third kappa shape index (κ3) is 2.48. The molecule has 3 atom stereocenters. The summed E-state index contributed by atoms with van der Waals surface area (Å²) in [5.74, 6) is 0.503. The number of carbonyl (C=O) groups is 1. The van der Waals surface area contributed by atoms with Crippen LogP contribution in [-0.4, -0.2) is 10.6 Å². The summed E-state index contributed by atoms with van der Waals surface area (Å²) in [6, 6.07) is 5.53. The van der Waals surface area contributed by atoms with Crippen molar-refractivity contribution in [3.8, 4) is 0 Å². The first-order chi connectivity index (χ1) is 8.25. The molecule has 0 spiro atoms. The zero-order chi connectivity index (χ0) is 13.7. The van der Waals surface area contributed by atoms with Crippen LogP contribution in [0.3, 0.4) is 0 Å². The molecular formula is C14H15BrCl2O. The Balaban J connectivity index is 2.32. The molecule has 2 rings (SSSR count). The Bertz CT molecular complexity index is 476. The van der Waals surface area contributed by atoms with E-state index in [1.165, 1.54) is 0 Å². The van der Waals surface area contributed by atoms with E-state index in [0.717, 1.165) is 5.56 Å². The lowest BCUT2D eigenvalue weighted by molar-refractivity contribution is -0.120. The molecule has 0 amide bonds. The lowest BCUT2D eigenvalue weighted by atomic mass is 10.0. The molecule has 1 aromatic rings. The number of benzene rings is 1.